The number of amides is 1. The summed E-state index contributed by atoms with van der Waals surface area (Å²) in [7, 11) is 0. The molecule has 1 atom stereocenters. The van der Waals surface area contributed by atoms with Gasteiger partial charge in [-0.25, -0.2) is 0 Å². The molecule has 0 aromatic rings. The fourth-order valence-electron chi connectivity index (χ4n) is 2.85. The van der Waals surface area contributed by atoms with Crippen LogP contribution >= 0.6 is 0 Å². The Morgan fingerprint density at radius 2 is 2.00 bits per heavy atom. The molecule has 1 saturated carbocycles. The van der Waals surface area contributed by atoms with Crippen LogP contribution in [0.25, 0.3) is 0 Å². The molecule has 1 unspecified atom stereocenters. The van der Waals surface area contributed by atoms with Gasteiger partial charge in [-0.15, -0.1) is 0 Å². The lowest BCUT2D eigenvalue weighted by molar-refractivity contribution is -0.130. The van der Waals surface area contributed by atoms with Gasteiger partial charge in [-0.3, -0.25) is 10.1 Å². The highest BCUT2D eigenvalue weighted by Gasteiger charge is 2.48. The zero-order chi connectivity index (χ0) is 12.6. The number of carbonyl (C=O) groups is 1. The van der Waals surface area contributed by atoms with Gasteiger partial charge in [-0.2, -0.15) is 0 Å². The summed E-state index contributed by atoms with van der Waals surface area (Å²) in [5, 5.41) is 3.35. The van der Waals surface area contributed by atoms with Gasteiger partial charge < -0.3 is 4.90 Å². The average molecular weight is 238 g/mol. The molecule has 1 saturated heterocycles. The van der Waals surface area contributed by atoms with Crippen molar-refractivity contribution in [3.8, 4) is 0 Å². The summed E-state index contributed by atoms with van der Waals surface area (Å²) in [6.45, 7) is 10.6. The first-order valence-electron chi connectivity index (χ1n) is 6.97. The molecule has 2 fully saturated rings. The summed E-state index contributed by atoms with van der Waals surface area (Å²) in [6.07, 6.45) is 3.55. The van der Waals surface area contributed by atoms with Crippen LogP contribution in [-0.2, 0) is 4.79 Å². The van der Waals surface area contributed by atoms with Crippen molar-refractivity contribution in [3.63, 3.8) is 0 Å². The molecule has 2 aliphatic rings. The van der Waals surface area contributed by atoms with Crippen LogP contribution in [0.3, 0.4) is 0 Å². The standard InChI is InChI=1S/C14H26N2O/c1-10(2)7-12-13(17)16(9-15-12)8-14(5-6-14)11(3)4/h10-12,15H,5-9H2,1-4H3. The van der Waals surface area contributed by atoms with Gasteiger partial charge in [0.15, 0.2) is 0 Å². The van der Waals surface area contributed by atoms with E-state index in [9.17, 15) is 4.79 Å². The van der Waals surface area contributed by atoms with Gasteiger partial charge in [0, 0.05) is 6.54 Å². The highest BCUT2D eigenvalue weighted by Crippen LogP contribution is 2.52. The van der Waals surface area contributed by atoms with Crippen molar-refractivity contribution in [2.75, 3.05) is 13.2 Å². The third-order valence-electron chi connectivity index (χ3n) is 4.47. The third kappa shape index (κ3) is 2.65. The van der Waals surface area contributed by atoms with Crippen molar-refractivity contribution in [2.45, 2.75) is 53.0 Å². The van der Waals surface area contributed by atoms with E-state index in [2.05, 4.69) is 33.0 Å². The fraction of sp³-hybridized carbons (Fsp3) is 0.929. The Hall–Kier alpha value is -0.570. The van der Waals surface area contributed by atoms with Crippen molar-refractivity contribution in [2.24, 2.45) is 17.3 Å². The molecule has 0 spiro atoms. The topological polar surface area (TPSA) is 32.3 Å². The van der Waals surface area contributed by atoms with Crippen molar-refractivity contribution >= 4 is 5.91 Å². The summed E-state index contributed by atoms with van der Waals surface area (Å²) >= 11 is 0. The van der Waals surface area contributed by atoms with E-state index in [4.69, 9.17) is 0 Å². The zero-order valence-electron chi connectivity index (χ0n) is 11.6. The van der Waals surface area contributed by atoms with Crippen molar-refractivity contribution < 1.29 is 4.79 Å². The predicted octanol–water partition coefficient (Wildman–Crippen LogP) is 2.23. The van der Waals surface area contributed by atoms with Gasteiger partial charge in [-0.05, 0) is 36.5 Å². The molecule has 1 aliphatic carbocycles. The van der Waals surface area contributed by atoms with E-state index in [1.807, 2.05) is 4.90 Å². The number of rotatable bonds is 5. The van der Waals surface area contributed by atoms with Gasteiger partial charge in [0.1, 0.15) is 0 Å². The molecule has 1 amide bonds. The molecule has 1 heterocycles. The fourth-order valence-corrected chi connectivity index (χ4v) is 2.85. The zero-order valence-corrected chi connectivity index (χ0v) is 11.6. The third-order valence-corrected chi connectivity index (χ3v) is 4.47. The molecule has 98 valence electrons. The van der Waals surface area contributed by atoms with Crippen molar-refractivity contribution in [1.82, 2.24) is 10.2 Å². The SMILES string of the molecule is CC(C)CC1NCN(CC2(C(C)C)CC2)C1=O. The van der Waals surface area contributed by atoms with Crippen molar-refractivity contribution in [3.05, 3.63) is 0 Å². The van der Waals surface area contributed by atoms with Gasteiger partial charge in [0.25, 0.3) is 0 Å². The lowest BCUT2D eigenvalue weighted by atomic mass is 9.92. The Morgan fingerprint density at radius 1 is 1.35 bits per heavy atom. The highest BCUT2D eigenvalue weighted by atomic mass is 16.2. The normalized spacial score (nSPS) is 27.3. The maximum absolute atomic E-state index is 12.2. The summed E-state index contributed by atoms with van der Waals surface area (Å²) in [5.41, 5.74) is 0.435. The summed E-state index contributed by atoms with van der Waals surface area (Å²) < 4.78 is 0. The molecule has 3 heteroatoms. The maximum atomic E-state index is 12.2. The molecule has 0 radical (unpaired) electrons. The molecule has 3 nitrogen and oxygen atoms in total. The predicted molar refractivity (Wildman–Crippen MR) is 69.5 cm³/mol. The van der Waals surface area contributed by atoms with Crippen molar-refractivity contribution in [1.29, 1.82) is 0 Å². The lowest BCUT2D eigenvalue weighted by Gasteiger charge is -2.26. The molecule has 0 aromatic carbocycles. The Kier molecular flexibility index (Phi) is 3.48. The van der Waals surface area contributed by atoms with Crippen LogP contribution in [0.2, 0.25) is 0 Å². The van der Waals surface area contributed by atoms with Gasteiger partial charge >= 0.3 is 0 Å². The molecule has 1 aliphatic heterocycles. The van der Waals surface area contributed by atoms with Crippen LogP contribution in [0, 0.1) is 17.3 Å². The second-order valence-electron chi connectivity index (χ2n) is 6.60. The molecular weight excluding hydrogens is 212 g/mol. The summed E-state index contributed by atoms with van der Waals surface area (Å²) in [5.74, 6) is 1.60. The van der Waals surface area contributed by atoms with Crippen LogP contribution in [0.5, 0.6) is 0 Å². The Balaban J connectivity index is 1.90. The van der Waals surface area contributed by atoms with E-state index in [0.717, 1.165) is 19.6 Å². The number of nitrogens with zero attached hydrogens (tertiary/aromatic N) is 1. The van der Waals surface area contributed by atoms with Crippen LogP contribution in [0.1, 0.15) is 47.0 Å². The molecule has 2 rings (SSSR count). The van der Waals surface area contributed by atoms with Gasteiger partial charge in [0.05, 0.1) is 12.7 Å². The van der Waals surface area contributed by atoms with E-state index < -0.39 is 0 Å². The Bertz CT molecular complexity index is 295. The highest BCUT2D eigenvalue weighted by molar-refractivity contribution is 5.83. The van der Waals surface area contributed by atoms with Gasteiger partial charge in [0.2, 0.25) is 5.91 Å². The largest absolute Gasteiger partial charge is 0.328 e. The minimum atomic E-state index is 0.0676. The van der Waals surface area contributed by atoms with E-state index in [-0.39, 0.29) is 6.04 Å². The van der Waals surface area contributed by atoms with E-state index >= 15 is 0 Å². The maximum Gasteiger partial charge on any atom is 0.240 e. The first-order chi connectivity index (χ1) is 7.94. The number of hydrogen-bond donors (Lipinski definition) is 1. The van der Waals surface area contributed by atoms with E-state index in [0.29, 0.717) is 23.2 Å². The Morgan fingerprint density at radius 3 is 2.47 bits per heavy atom. The second kappa shape index (κ2) is 4.60. The minimum Gasteiger partial charge on any atom is -0.328 e. The average Bonchev–Trinajstić information content (AvgIpc) is 2.95. The van der Waals surface area contributed by atoms with Crippen LogP contribution in [0.4, 0.5) is 0 Å². The van der Waals surface area contributed by atoms with Crippen LogP contribution in [0.15, 0.2) is 0 Å². The lowest BCUT2D eigenvalue weighted by Crippen LogP contribution is -2.36. The molecule has 17 heavy (non-hydrogen) atoms. The Labute approximate surface area is 105 Å². The van der Waals surface area contributed by atoms with Gasteiger partial charge in [-0.1, -0.05) is 27.7 Å². The summed E-state index contributed by atoms with van der Waals surface area (Å²) in [4.78, 5) is 14.3. The molecular formula is C14H26N2O. The van der Waals surface area contributed by atoms with E-state index in [1.165, 1.54) is 12.8 Å². The quantitative estimate of drug-likeness (QED) is 0.796. The molecule has 0 bridgehead atoms. The summed E-state index contributed by atoms with van der Waals surface area (Å²) in [6, 6.07) is 0.0676. The second-order valence-corrected chi connectivity index (χ2v) is 6.60. The smallest absolute Gasteiger partial charge is 0.240 e. The number of carbonyl (C=O) groups excluding carboxylic acids is 1. The number of nitrogens with one attached hydrogen (secondary N) is 1. The number of hydrogen-bond acceptors (Lipinski definition) is 2. The monoisotopic (exact) mass is 238 g/mol. The van der Waals surface area contributed by atoms with E-state index in [1.54, 1.807) is 0 Å². The molecule has 0 aromatic heterocycles. The van der Waals surface area contributed by atoms with Crippen LogP contribution < -0.4 is 5.32 Å². The molecule has 1 N–H and O–H groups in total. The minimum absolute atomic E-state index is 0.0676. The first kappa shape index (κ1) is 12.9. The first-order valence-corrected chi connectivity index (χ1v) is 6.97. The van der Waals surface area contributed by atoms with Crippen LogP contribution in [-0.4, -0.2) is 30.1 Å².